The van der Waals surface area contributed by atoms with Gasteiger partial charge in [-0.25, -0.2) is 4.79 Å². The summed E-state index contributed by atoms with van der Waals surface area (Å²) in [6.07, 6.45) is 6.04. The summed E-state index contributed by atoms with van der Waals surface area (Å²) in [5, 5.41) is 11.6. The van der Waals surface area contributed by atoms with Crippen molar-refractivity contribution in [3.63, 3.8) is 0 Å². The lowest BCUT2D eigenvalue weighted by Crippen LogP contribution is -2.41. The molecule has 3 unspecified atom stereocenters. The van der Waals surface area contributed by atoms with E-state index in [-0.39, 0.29) is 18.1 Å². The second-order valence-electron chi connectivity index (χ2n) is 5.06. The number of fused-ring (bicyclic) bond motifs is 2. The molecular formula is C14H15NO4S. The number of aliphatic carboxylic acids is 1. The van der Waals surface area contributed by atoms with Crippen molar-refractivity contribution in [3.8, 4) is 0 Å². The van der Waals surface area contributed by atoms with Crippen molar-refractivity contribution in [2.75, 3.05) is 0 Å². The first kappa shape index (κ1) is 13.3. The third-order valence-electron chi connectivity index (χ3n) is 3.66. The van der Waals surface area contributed by atoms with Crippen LogP contribution in [0.4, 0.5) is 0 Å². The average molecular weight is 293 g/mol. The predicted molar refractivity (Wildman–Crippen MR) is 74.8 cm³/mol. The van der Waals surface area contributed by atoms with Crippen LogP contribution in [0.5, 0.6) is 0 Å². The fourth-order valence-electron chi connectivity index (χ4n) is 2.75. The number of ether oxygens (including phenoxy) is 1. The summed E-state index contributed by atoms with van der Waals surface area (Å²) >= 11 is 1.28. The second-order valence-corrected chi connectivity index (χ2v) is 6.18. The lowest BCUT2D eigenvalue weighted by Gasteiger charge is -2.19. The number of hydrogen-bond donors (Lipinski definition) is 2. The number of nitrogens with one attached hydrogen (secondary N) is 1. The van der Waals surface area contributed by atoms with E-state index >= 15 is 0 Å². The highest BCUT2D eigenvalue weighted by Gasteiger charge is 2.41. The van der Waals surface area contributed by atoms with Gasteiger partial charge >= 0.3 is 5.97 Å². The highest BCUT2D eigenvalue weighted by Crippen LogP contribution is 2.34. The molecule has 3 heterocycles. The van der Waals surface area contributed by atoms with Crippen molar-refractivity contribution in [2.24, 2.45) is 0 Å². The molecule has 1 aromatic heterocycles. The Morgan fingerprint density at radius 1 is 1.40 bits per heavy atom. The Balaban J connectivity index is 1.61. The van der Waals surface area contributed by atoms with Gasteiger partial charge in [-0.3, -0.25) is 4.79 Å². The molecule has 1 amide bonds. The first-order valence-electron chi connectivity index (χ1n) is 6.59. The van der Waals surface area contributed by atoms with Crippen molar-refractivity contribution in [1.29, 1.82) is 0 Å². The normalized spacial score (nSPS) is 28.1. The zero-order valence-corrected chi connectivity index (χ0v) is 11.6. The van der Waals surface area contributed by atoms with Gasteiger partial charge in [0.05, 0.1) is 23.1 Å². The molecule has 2 fully saturated rings. The molecule has 2 aliphatic heterocycles. The van der Waals surface area contributed by atoms with Crippen molar-refractivity contribution in [2.45, 2.75) is 37.5 Å². The maximum absolute atomic E-state index is 12.1. The summed E-state index contributed by atoms with van der Waals surface area (Å²) in [6.45, 7) is 0. The van der Waals surface area contributed by atoms with Crippen LogP contribution in [-0.2, 0) is 9.53 Å². The Labute approximate surface area is 120 Å². The first-order valence-corrected chi connectivity index (χ1v) is 7.40. The first-order chi connectivity index (χ1) is 9.61. The summed E-state index contributed by atoms with van der Waals surface area (Å²) in [5.74, 6) is -1.10. The van der Waals surface area contributed by atoms with E-state index in [2.05, 4.69) is 5.32 Å². The number of rotatable bonds is 4. The maximum atomic E-state index is 12.1. The Bertz CT molecular complexity index is 565. The minimum Gasteiger partial charge on any atom is -0.478 e. The number of amides is 1. The molecule has 0 spiro atoms. The van der Waals surface area contributed by atoms with Crippen LogP contribution < -0.4 is 5.32 Å². The van der Waals surface area contributed by atoms with Gasteiger partial charge in [-0.1, -0.05) is 0 Å². The highest BCUT2D eigenvalue weighted by atomic mass is 32.1. The quantitative estimate of drug-likeness (QED) is 0.831. The second kappa shape index (κ2) is 5.38. The molecule has 0 aromatic carbocycles. The van der Waals surface area contributed by atoms with Gasteiger partial charge in [0, 0.05) is 11.0 Å². The van der Waals surface area contributed by atoms with Crippen LogP contribution in [0.3, 0.4) is 0 Å². The van der Waals surface area contributed by atoms with E-state index in [0.717, 1.165) is 30.2 Å². The molecule has 2 bridgehead atoms. The SMILES string of the molecule is O=C(O)/C=C/c1ccc(C(=O)NC2CC3CCC2O3)s1. The predicted octanol–water partition coefficient (Wildman–Crippen LogP) is 1.90. The van der Waals surface area contributed by atoms with Crippen LogP contribution in [0.25, 0.3) is 6.08 Å². The lowest BCUT2D eigenvalue weighted by atomic mass is 9.95. The number of hydrogen-bond acceptors (Lipinski definition) is 4. The molecule has 5 nitrogen and oxygen atoms in total. The van der Waals surface area contributed by atoms with Crippen LogP contribution in [0, 0.1) is 0 Å². The number of carboxylic acids is 1. The van der Waals surface area contributed by atoms with Crippen molar-refractivity contribution in [3.05, 3.63) is 28.0 Å². The van der Waals surface area contributed by atoms with E-state index in [1.807, 2.05) is 0 Å². The standard InChI is InChI=1S/C14H15NO4S/c16-13(17)6-3-9-2-5-12(20-9)14(18)15-10-7-8-1-4-11(10)19-8/h2-3,5-6,8,10-11H,1,4,7H2,(H,15,18)(H,16,17)/b6-3+. The maximum Gasteiger partial charge on any atom is 0.328 e. The molecule has 0 saturated carbocycles. The summed E-state index contributed by atoms with van der Waals surface area (Å²) in [7, 11) is 0. The summed E-state index contributed by atoms with van der Waals surface area (Å²) in [4.78, 5) is 23.9. The molecule has 20 heavy (non-hydrogen) atoms. The summed E-state index contributed by atoms with van der Waals surface area (Å²) in [5.41, 5.74) is 0. The van der Waals surface area contributed by atoms with E-state index < -0.39 is 5.97 Å². The van der Waals surface area contributed by atoms with Crippen LogP contribution in [0.1, 0.15) is 33.8 Å². The van der Waals surface area contributed by atoms with Crippen LogP contribution >= 0.6 is 11.3 Å². The van der Waals surface area contributed by atoms with Gasteiger partial charge in [0.25, 0.3) is 5.91 Å². The molecule has 2 aliphatic rings. The van der Waals surface area contributed by atoms with E-state index in [4.69, 9.17) is 9.84 Å². The molecule has 1 aromatic rings. The number of carbonyl (C=O) groups is 2. The highest BCUT2D eigenvalue weighted by molar-refractivity contribution is 7.14. The van der Waals surface area contributed by atoms with Gasteiger partial charge in [0.2, 0.25) is 0 Å². The Morgan fingerprint density at radius 2 is 2.25 bits per heavy atom. The Morgan fingerprint density at radius 3 is 2.90 bits per heavy atom. The molecule has 2 saturated heterocycles. The molecule has 3 atom stereocenters. The zero-order chi connectivity index (χ0) is 14.1. The summed E-state index contributed by atoms with van der Waals surface area (Å²) in [6, 6.07) is 3.58. The third-order valence-corrected chi connectivity index (χ3v) is 4.71. The molecule has 6 heteroatoms. The van der Waals surface area contributed by atoms with Gasteiger partial charge in [-0.2, -0.15) is 0 Å². The Hall–Kier alpha value is -1.66. The number of carbonyl (C=O) groups excluding carboxylic acids is 1. The molecule has 106 valence electrons. The summed E-state index contributed by atoms with van der Waals surface area (Å²) < 4.78 is 5.70. The topological polar surface area (TPSA) is 75.6 Å². The molecule has 2 N–H and O–H groups in total. The van der Waals surface area contributed by atoms with Gasteiger partial charge in [0.15, 0.2) is 0 Å². The van der Waals surface area contributed by atoms with Crippen molar-refractivity contribution >= 4 is 29.3 Å². The van der Waals surface area contributed by atoms with Gasteiger partial charge < -0.3 is 15.2 Å². The van der Waals surface area contributed by atoms with Crippen LogP contribution in [-0.4, -0.2) is 35.2 Å². The van der Waals surface area contributed by atoms with Gasteiger partial charge in [-0.15, -0.1) is 11.3 Å². The monoisotopic (exact) mass is 293 g/mol. The lowest BCUT2D eigenvalue weighted by molar-refractivity contribution is -0.131. The van der Waals surface area contributed by atoms with E-state index in [1.165, 1.54) is 17.4 Å². The zero-order valence-electron chi connectivity index (χ0n) is 10.7. The molecule has 0 aliphatic carbocycles. The molecule has 0 radical (unpaired) electrons. The smallest absolute Gasteiger partial charge is 0.328 e. The third kappa shape index (κ3) is 2.76. The van der Waals surface area contributed by atoms with Crippen LogP contribution in [0.15, 0.2) is 18.2 Å². The van der Waals surface area contributed by atoms with E-state index in [1.54, 1.807) is 12.1 Å². The largest absolute Gasteiger partial charge is 0.478 e. The van der Waals surface area contributed by atoms with Crippen molar-refractivity contribution in [1.82, 2.24) is 5.32 Å². The van der Waals surface area contributed by atoms with Crippen molar-refractivity contribution < 1.29 is 19.4 Å². The average Bonchev–Trinajstić information content (AvgIpc) is 3.12. The van der Waals surface area contributed by atoms with Crippen LogP contribution in [0.2, 0.25) is 0 Å². The fourth-order valence-corrected chi connectivity index (χ4v) is 3.56. The Kier molecular flexibility index (Phi) is 3.58. The van der Waals surface area contributed by atoms with E-state index in [9.17, 15) is 9.59 Å². The molecular weight excluding hydrogens is 278 g/mol. The van der Waals surface area contributed by atoms with Gasteiger partial charge in [0.1, 0.15) is 0 Å². The molecule has 3 rings (SSSR count). The number of carboxylic acid groups (broad SMARTS) is 1. The number of thiophene rings is 1. The minimum absolute atomic E-state index is 0.105. The van der Waals surface area contributed by atoms with E-state index in [0.29, 0.717) is 11.0 Å². The fraction of sp³-hybridized carbons (Fsp3) is 0.429. The van der Waals surface area contributed by atoms with Gasteiger partial charge in [-0.05, 0) is 37.5 Å². The minimum atomic E-state index is -0.997.